The molecule has 22 heavy (non-hydrogen) atoms. The number of hydrogen-bond acceptors (Lipinski definition) is 4. The number of piperazine rings is 1. The molecule has 3 atom stereocenters. The zero-order chi connectivity index (χ0) is 15.5. The average molecular weight is 305 g/mol. The second-order valence-electron chi connectivity index (χ2n) is 7.07. The Balaban J connectivity index is 1.36. The van der Waals surface area contributed by atoms with Gasteiger partial charge in [-0.05, 0) is 37.9 Å². The molecule has 4 nitrogen and oxygen atoms in total. The van der Waals surface area contributed by atoms with Crippen molar-refractivity contribution in [3.8, 4) is 0 Å². The van der Waals surface area contributed by atoms with Crippen molar-refractivity contribution in [1.82, 2.24) is 15.1 Å². The molecule has 1 aromatic heterocycles. The fourth-order valence-electron chi connectivity index (χ4n) is 3.46. The third-order valence-corrected chi connectivity index (χ3v) is 5.37. The number of nitrogens with zero attached hydrogens (tertiary/aromatic N) is 2. The molecule has 1 N–H and O–H groups in total. The molecular weight excluding hydrogens is 274 g/mol. The van der Waals surface area contributed by atoms with Crippen LogP contribution in [0.2, 0.25) is 0 Å². The zero-order valence-corrected chi connectivity index (χ0v) is 14.3. The minimum atomic E-state index is 0.594. The Kier molecular flexibility index (Phi) is 5.21. The van der Waals surface area contributed by atoms with E-state index in [1.165, 1.54) is 44.9 Å². The Morgan fingerprint density at radius 2 is 2.00 bits per heavy atom. The lowest BCUT2D eigenvalue weighted by atomic mass is 10.2. The highest BCUT2D eigenvalue weighted by molar-refractivity contribution is 5.17. The Labute approximate surface area is 134 Å². The van der Waals surface area contributed by atoms with Gasteiger partial charge in [0.25, 0.3) is 0 Å². The fraction of sp³-hybridized carbons (Fsp3) is 0.778. The van der Waals surface area contributed by atoms with Gasteiger partial charge in [-0.25, -0.2) is 0 Å². The van der Waals surface area contributed by atoms with Gasteiger partial charge in [0, 0.05) is 44.7 Å². The van der Waals surface area contributed by atoms with Gasteiger partial charge in [0.1, 0.15) is 11.5 Å². The number of nitrogens with one attached hydrogen (secondary N) is 1. The summed E-state index contributed by atoms with van der Waals surface area (Å²) in [5.41, 5.74) is 0. The van der Waals surface area contributed by atoms with Gasteiger partial charge in [0.2, 0.25) is 0 Å². The maximum Gasteiger partial charge on any atom is 0.117 e. The van der Waals surface area contributed by atoms with E-state index in [1.807, 2.05) is 0 Å². The highest BCUT2D eigenvalue weighted by Gasteiger charge is 2.36. The largest absolute Gasteiger partial charge is 0.464 e. The molecule has 0 spiro atoms. The van der Waals surface area contributed by atoms with Gasteiger partial charge in [-0.2, -0.15) is 0 Å². The highest BCUT2D eigenvalue weighted by Crippen LogP contribution is 2.47. The summed E-state index contributed by atoms with van der Waals surface area (Å²) in [6.45, 7) is 14.7. The minimum Gasteiger partial charge on any atom is -0.464 e. The van der Waals surface area contributed by atoms with E-state index in [2.05, 4.69) is 48.0 Å². The molecule has 3 rings (SSSR count). The van der Waals surface area contributed by atoms with Gasteiger partial charge in [0.15, 0.2) is 0 Å². The molecule has 2 heterocycles. The molecule has 2 fully saturated rings. The first-order chi connectivity index (χ1) is 10.7. The summed E-state index contributed by atoms with van der Waals surface area (Å²) in [6.07, 6.45) is 1.29. The van der Waals surface area contributed by atoms with Crippen molar-refractivity contribution in [3.05, 3.63) is 23.7 Å². The van der Waals surface area contributed by atoms with E-state index in [-0.39, 0.29) is 0 Å². The van der Waals surface area contributed by atoms with Gasteiger partial charge in [0.05, 0.1) is 6.54 Å². The van der Waals surface area contributed by atoms with Crippen molar-refractivity contribution in [2.24, 2.45) is 5.92 Å². The Bertz CT molecular complexity index is 465. The minimum absolute atomic E-state index is 0.594. The molecule has 1 aromatic rings. The van der Waals surface area contributed by atoms with Crippen LogP contribution in [0.15, 0.2) is 16.5 Å². The molecule has 4 heteroatoms. The van der Waals surface area contributed by atoms with E-state index in [0.717, 1.165) is 24.8 Å². The maximum atomic E-state index is 5.95. The van der Waals surface area contributed by atoms with Crippen LogP contribution in [0.1, 0.15) is 44.6 Å². The monoisotopic (exact) mass is 305 g/mol. The van der Waals surface area contributed by atoms with Gasteiger partial charge < -0.3 is 14.6 Å². The van der Waals surface area contributed by atoms with E-state index >= 15 is 0 Å². The smallest absolute Gasteiger partial charge is 0.117 e. The van der Waals surface area contributed by atoms with Crippen molar-refractivity contribution in [2.75, 3.05) is 39.3 Å². The average Bonchev–Trinajstić information content (AvgIpc) is 3.09. The normalized spacial score (nSPS) is 28.0. The van der Waals surface area contributed by atoms with Crippen LogP contribution in [0, 0.1) is 5.92 Å². The summed E-state index contributed by atoms with van der Waals surface area (Å²) in [5, 5.41) is 3.56. The summed E-state index contributed by atoms with van der Waals surface area (Å²) < 4.78 is 5.95. The van der Waals surface area contributed by atoms with Gasteiger partial charge in [-0.1, -0.05) is 13.8 Å². The first-order valence-corrected chi connectivity index (χ1v) is 8.93. The Morgan fingerprint density at radius 1 is 1.27 bits per heavy atom. The summed E-state index contributed by atoms with van der Waals surface area (Å²) in [6, 6.07) is 4.90. The molecule has 124 valence electrons. The number of furan rings is 1. The van der Waals surface area contributed by atoms with Crippen LogP contribution in [0.3, 0.4) is 0 Å². The van der Waals surface area contributed by atoms with E-state index in [4.69, 9.17) is 4.42 Å². The summed E-state index contributed by atoms with van der Waals surface area (Å²) in [7, 11) is 0. The fourth-order valence-corrected chi connectivity index (χ4v) is 3.46. The highest BCUT2D eigenvalue weighted by atomic mass is 16.3. The lowest BCUT2D eigenvalue weighted by molar-refractivity contribution is 0.105. The predicted molar refractivity (Wildman–Crippen MR) is 90.1 cm³/mol. The molecule has 0 radical (unpaired) electrons. The third-order valence-electron chi connectivity index (χ3n) is 5.37. The van der Waals surface area contributed by atoms with Gasteiger partial charge >= 0.3 is 0 Å². The second-order valence-corrected chi connectivity index (χ2v) is 7.07. The molecule has 0 bridgehead atoms. The molecule has 3 unspecified atom stereocenters. The third kappa shape index (κ3) is 3.92. The Hall–Kier alpha value is -0.840. The molecule has 1 saturated heterocycles. The van der Waals surface area contributed by atoms with Gasteiger partial charge in [-0.15, -0.1) is 0 Å². The van der Waals surface area contributed by atoms with Crippen LogP contribution in [-0.4, -0.2) is 55.1 Å². The summed E-state index contributed by atoms with van der Waals surface area (Å²) in [4.78, 5) is 5.12. The van der Waals surface area contributed by atoms with Crippen molar-refractivity contribution >= 4 is 0 Å². The van der Waals surface area contributed by atoms with E-state index in [0.29, 0.717) is 12.0 Å². The van der Waals surface area contributed by atoms with E-state index in [9.17, 15) is 0 Å². The second kappa shape index (κ2) is 7.16. The van der Waals surface area contributed by atoms with Crippen LogP contribution >= 0.6 is 0 Å². The SMILES string of the molecule is CCN1CCN(C(C)CNCc2ccc(C3CC3C)o2)CC1. The van der Waals surface area contributed by atoms with Crippen molar-refractivity contribution in [3.63, 3.8) is 0 Å². The maximum absolute atomic E-state index is 5.95. The van der Waals surface area contributed by atoms with Gasteiger partial charge in [-0.3, -0.25) is 4.90 Å². The molecule has 0 aromatic carbocycles. The summed E-state index contributed by atoms with van der Waals surface area (Å²) >= 11 is 0. The first-order valence-electron chi connectivity index (χ1n) is 8.93. The first kappa shape index (κ1) is 16.0. The summed E-state index contributed by atoms with van der Waals surface area (Å²) in [5.74, 6) is 3.77. The molecule has 1 saturated carbocycles. The lowest BCUT2D eigenvalue weighted by Crippen LogP contribution is -2.51. The lowest BCUT2D eigenvalue weighted by Gasteiger charge is -2.37. The van der Waals surface area contributed by atoms with Crippen LogP contribution < -0.4 is 5.32 Å². The molecule has 1 aliphatic carbocycles. The number of rotatable bonds is 7. The quantitative estimate of drug-likeness (QED) is 0.839. The van der Waals surface area contributed by atoms with Crippen LogP contribution in [0.5, 0.6) is 0 Å². The molecule has 0 amide bonds. The van der Waals surface area contributed by atoms with Crippen molar-refractivity contribution in [2.45, 2.75) is 45.7 Å². The number of likely N-dealkylation sites (N-methyl/N-ethyl adjacent to an activating group) is 1. The van der Waals surface area contributed by atoms with E-state index in [1.54, 1.807) is 0 Å². The van der Waals surface area contributed by atoms with Crippen LogP contribution in [0.25, 0.3) is 0 Å². The molecular formula is C18H31N3O. The van der Waals surface area contributed by atoms with Crippen LogP contribution in [-0.2, 0) is 6.54 Å². The molecule has 2 aliphatic rings. The topological polar surface area (TPSA) is 31.6 Å². The van der Waals surface area contributed by atoms with Crippen LogP contribution in [0.4, 0.5) is 0 Å². The predicted octanol–water partition coefficient (Wildman–Crippen LogP) is 2.52. The van der Waals surface area contributed by atoms with Crippen molar-refractivity contribution in [1.29, 1.82) is 0 Å². The van der Waals surface area contributed by atoms with Crippen molar-refractivity contribution < 1.29 is 4.42 Å². The molecule has 1 aliphatic heterocycles. The Morgan fingerprint density at radius 3 is 2.64 bits per heavy atom. The zero-order valence-electron chi connectivity index (χ0n) is 14.3. The van der Waals surface area contributed by atoms with E-state index < -0.39 is 0 Å². The standard InChI is InChI=1S/C18H31N3O/c1-4-20-7-9-21(10-8-20)15(3)12-19-13-16-5-6-18(22-16)17-11-14(17)2/h5-6,14-15,17,19H,4,7-13H2,1-3H3. The number of hydrogen-bond donors (Lipinski definition) is 1.